The van der Waals surface area contributed by atoms with E-state index in [0.717, 1.165) is 11.3 Å². The molecule has 0 fully saturated rings. The first-order chi connectivity index (χ1) is 9.09. The van der Waals surface area contributed by atoms with E-state index in [1.807, 2.05) is 30.3 Å². The fourth-order valence-electron chi connectivity index (χ4n) is 1.90. The van der Waals surface area contributed by atoms with Crippen molar-refractivity contribution in [1.29, 1.82) is 0 Å². The Morgan fingerprint density at radius 1 is 1.21 bits per heavy atom. The highest BCUT2D eigenvalue weighted by Gasteiger charge is 2.12. The zero-order valence-corrected chi connectivity index (χ0v) is 10.6. The van der Waals surface area contributed by atoms with E-state index in [2.05, 4.69) is 5.32 Å². The maximum atomic E-state index is 10.9. The van der Waals surface area contributed by atoms with Gasteiger partial charge in [-0.15, -0.1) is 0 Å². The standard InChI is InChI=1S/C14H15N3O2/c1-10-13(7-4-8-14(10)17(18)19)16-9-11-5-2-3-6-12(11)15/h2-8,16H,9,15H2,1H3. The van der Waals surface area contributed by atoms with Crippen molar-refractivity contribution in [2.45, 2.75) is 13.5 Å². The van der Waals surface area contributed by atoms with Crippen LogP contribution in [0.2, 0.25) is 0 Å². The maximum absolute atomic E-state index is 10.9. The SMILES string of the molecule is Cc1c(NCc2ccccc2N)cccc1[N+](=O)[O-]. The molecule has 19 heavy (non-hydrogen) atoms. The second kappa shape index (κ2) is 5.39. The summed E-state index contributed by atoms with van der Waals surface area (Å²) >= 11 is 0. The second-order valence-electron chi connectivity index (χ2n) is 4.26. The predicted molar refractivity (Wildman–Crippen MR) is 76.0 cm³/mol. The van der Waals surface area contributed by atoms with E-state index in [4.69, 9.17) is 5.73 Å². The van der Waals surface area contributed by atoms with Crippen molar-refractivity contribution in [2.75, 3.05) is 11.1 Å². The molecule has 0 aliphatic rings. The minimum Gasteiger partial charge on any atom is -0.398 e. The van der Waals surface area contributed by atoms with Gasteiger partial charge in [0.1, 0.15) is 0 Å². The van der Waals surface area contributed by atoms with E-state index in [1.165, 1.54) is 6.07 Å². The van der Waals surface area contributed by atoms with E-state index >= 15 is 0 Å². The second-order valence-corrected chi connectivity index (χ2v) is 4.26. The molecule has 0 amide bonds. The average molecular weight is 257 g/mol. The molecule has 2 aromatic carbocycles. The van der Waals surface area contributed by atoms with Gasteiger partial charge in [-0.1, -0.05) is 24.3 Å². The zero-order chi connectivity index (χ0) is 13.8. The third-order valence-electron chi connectivity index (χ3n) is 3.03. The molecule has 0 radical (unpaired) electrons. The molecule has 0 aliphatic heterocycles. The minimum absolute atomic E-state index is 0.117. The van der Waals surface area contributed by atoms with E-state index in [-0.39, 0.29) is 10.6 Å². The number of nitrogens with one attached hydrogen (secondary N) is 1. The number of anilines is 2. The van der Waals surface area contributed by atoms with Gasteiger partial charge in [0.25, 0.3) is 5.69 Å². The van der Waals surface area contributed by atoms with Crippen LogP contribution in [0.1, 0.15) is 11.1 Å². The molecule has 0 bridgehead atoms. The summed E-state index contributed by atoms with van der Waals surface area (Å²) in [4.78, 5) is 10.5. The number of nitrogens with zero attached hydrogens (tertiary/aromatic N) is 1. The average Bonchev–Trinajstić information content (AvgIpc) is 2.39. The molecule has 2 rings (SSSR count). The van der Waals surface area contributed by atoms with Crippen LogP contribution in [0.25, 0.3) is 0 Å². The Morgan fingerprint density at radius 3 is 2.63 bits per heavy atom. The Morgan fingerprint density at radius 2 is 1.95 bits per heavy atom. The molecule has 0 heterocycles. The van der Waals surface area contributed by atoms with Gasteiger partial charge in [0.15, 0.2) is 0 Å². The molecule has 2 aromatic rings. The molecule has 0 aliphatic carbocycles. The molecule has 0 unspecified atom stereocenters. The first-order valence-electron chi connectivity index (χ1n) is 5.91. The smallest absolute Gasteiger partial charge is 0.274 e. The number of hydrogen-bond donors (Lipinski definition) is 2. The van der Waals surface area contributed by atoms with E-state index < -0.39 is 0 Å². The van der Waals surface area contributed by atoms with Gasteiger partial charge in [0.2, 0.25) is 0 Å². The van der Waals surface area contributed by atoms with Crippen LogP contribution >= 0.6 is 0 Å². The monoisotopic (exact) mass is 257 g/mol. The van der Waals surface area contributed by atoms with Gasteiger partial charge >= 0.3 is 0 Å². The number of rotatable bonds is 4. The number of nitrogen functional groups attached to an aromatic ring is 1. The molecule has 0 saturated heterocycles. The quantitative estimate of drug-likeness (QED) is 0.501. The molecule has 3 N–H and O–H groups in total. The molecule has 5 nitrogen and oxygen atoms in total. The zero-order valence-electron chi connectivity index (χ0n) is 10.6. The van der Waals surface area contributed by atoms with Crippen molar-refractivity contribution >= 4 is 17.1 Å². The van der Waals surface area contributed by atoms with Crippen LogP contribution in [0, 0.1) is 17.0 Å². The Labute approximate surface area is 111 Å². The Kier molecular flexibility index (Phi) is 3.66. The molecular weight excluding hydrogens is 242 g/mol. The van der Waals surface area contributed by atoms with Crippen molar-refractivity contribution in [3.05, 3.63) is 63.7 Å². The summed E-state index contributed by atoms with van der Waals surface area (Å²) in [5, 5.41) is 14.0. The fourth-order valence-corrected chi connectivity index (χ4v) is 1.90. The summed E-state index contributed by atoms with van der Waals surface area (Å²) in [7, 11) is 0. The number of nitrogens with two attached hydrogens (primary N) is 1. The topological polar surface area (TPSA) is 81.2 Å². The summed E-state index contributed by atoms with van der Waals surface area (Å²) in [6.45, 7) is 2.27. The van der Waals surface area contributed by atoms with Crippen molar-refractivity contribution in [3.8, 4) is 0 Å². The lowest BCUT2D eigenvalue weighted by Crippen LogP contribution is -2.04. The molecule has 0 atom stereocenters. The first-order valence-corrected chi connectivity index (χ1v) is 5.91. The number of nitro benzene ring substituents is 1. The van der Waals surface area contributed by atoms with Gasteiger partial charge in [-0.3, -0.25) is 10.1 Å². The highest BCUT2D eigenvalue weighted by Crippen LogP contribution is 2.25. The fraction of sp³-hybridized carbons (Fsp3) is 0.143. The van der Waals surface area contributed by atoms with E-state index in [9.17, 15) is 10.1 Å². The summed E-state index contributed by atoms with van der Waals surface area (Å²) in [5.74, 6) is 0. The van der Waals surface area contributed by atoms with Crippen LogP contribution in [0.3, 0.4) is 0 Å². The van der Waals surface area contributed by atoms with Crippen LogP contribution in [0.15, 0.2) is 42.5 Å². The number of hydrogen-bond acceptors (Lipinski definition) is 4. The van der Waals surface area contributed by atoms with E-state index in [1.54, 1.807) is 13.0 Å². The molecule has 0 saturated carbocycles. The molecule has 0 aromatic heterocycles. The van der Waals surface area contributed by atoms with Gasteiger partial charge in [-0.25, -0.2) is 0 Å². The summed E-state index contributed by atoms with van der Waals surface area (Å²) in [6, 6.07) is 12.5. The van der Waals surface area contributed by atoms with Crippen molar-refractivity contribution in [1.82, 2.24) is 0 Å². The van der Waals surface area contributed by atoms with Crippen molar-refractivity contribution in [3.63, 3.8) is 0 Å². The molecule has 98 valence electrons. The summed E-state index contributed by atoms with van der Waals surface area (Å²) < 4.78 is 0. The number of para-hydroxylation sites is 1. The van der Waals surface area contributed by atoms with Crippen LogP contribution in [0.4, 0.5) is 17.1 Å². The van der Waals surface area contributed by atoms with Gasteiger partial charge in [-0.05, 0) is 24.6 Å². The lowest BCUT2D eigenvalue weighted by atomic mass is 10.1. The van der Waals surface area contributed by atoms with Gasteiger partial charge < -0.3 is 11.1 Å². The van der Waals surface area contributed by atoms with Crippen LogP contribution in [-0.2, 0) is 6.54 Å². The normalized spacial score (nSPS) is 10.2. The Hall–Kier alpha value is -2.56. The lowest BCUT2D eigenvalue weighted by molar-refractivity contribution is -0.385. The third-order valence-corrected chi connectivity index (χ3v) is 3.03. The van der Waals surface area contributed by atoms with Gasteiger partial charge in [-0.2, -0.15) is 0 Å². The molecule has 5 heteroatoms. The van der Waals surface area contributed by atoms with Gasteiger partial charge in [0.05, 0.1) is 4.92 Å². The largest absolute Gasteiger partial charge is 0.398 e. The lowest BCUT2D eigenvalue weighted by Gasteiger charge is -2.11. The van der Waals surface area contributed by atoms with E-state index in [0.29, 0.717) is 17.8 Å². The van der Waals surface area contributed by atoms with Gasteiger partial charge in [0, 0.05) is 29.5 Å². The Balaban J connectivity index is 2.19. The minimum atomic E-state index is -0.378. The highest BCUT2D eigenvalue weighted by atomic mass is 16.6. The van der Waals surface area contributed by atoms with Crippen molar-refractivity contribution in [2.24, 2.45) is 0 Å². The predicted octanol–water partition coefficient (Wildman–Crippen LogP) is 3.10. The van der Waals surface area contributed by atoms with Crippen LogP contribution in [0.5, 0.6) is 0 Å². The Bertz CT molecular complexity index is 611. The van der Waals surface area contributed by atoms with Crippen LogP contribution in [-0.4, -0.2) is 4.92 Å². The van der Waals surface area contributed by atoms with Crippen molar-refractivity contribution < 1.29 is 4.92 Å². The first kappa shape index (κ1) is 12.9. The summed E-state index contributed by atoms with van der Waals surface area (Å²) in [6.07, 6.45) is 0. The maximum Gasteiger partial charge on any atom is 0.274 e. The number of nitro groups is 1. The highest BCUT2D eigenvalue weighted by molar-refractivity contribution is 5.60. The van der Waals surface area contributed by atoms with Crippen LogP contribution < -0.4 is 11.1 Å². The summed E-state index contributed by atoms with van der Waals surface area (Å²) in [5.41, 5.74) is 9.02. The molecule has 0 spiro atoms. The number of benzene rings is 2. The molecular formula is C14H15N3O2. The third kappa shape index (κ3) is 2.82.